The van der Waals surface area contributed by atoms with E-state index in [0.29, 0.717) is 16.2 Å². The molecule has 0 saturated heterocycles. The molecule has 0 aliphatic carbocycles. The fourth-order valence-corrected chi connectivity index (χ4v) is 2.84. The Morgan fingerprint density at radius 2 is 2.05 bits per heavy atom. The predicted molar refractivity (Wildman–Crippen MR) is 72.0 cm³/mol. The predicted octanol–water partition coefficient (Wildman–Crippen LogP) is 4.28. The average molecular weight is 351 g/mol. The van der Waals surface area contributed by atoms with Gasteiger partial charge in [0.25, 0.3) is 0 Å². The van der Waals surface area contributed by atoms with Crippen molar-refractivity contribution >= 4 is 27.3 Å². The zero-order valence-corrected chi connectivity index (χ0v) is 12.2. The highest BCUT2D eigenvalue weighted by Crippen LogP contribution is 2.36. The number of rotatable bonds is 2. The number of thiazole rings is 1. The molecular formula is C12H10BrF3N2S. The molecule has 1 heterocycles. The molecule has 1 atom stereocenters. The standard InChI is InChI=1S/C12H10BrF3N2S/c1-6-2-3-7(13)4-8(6)10(17)9-5-18-11(19-9)12(14,15)16/h2-5,10H,17H2,1H3. The second-order valence-corrected chi connectivity index (χ2v) is 6.02. The van der Waals surface area contributed by atoms with Gasteiger partial charge in [-0.05, 0) is 30.2 Å². The highest BCUT2D eigenvalue weighted by molar-refractivity contribution is 9.10. The third-order valence-corrected chi connectivity index (χ3v) is 4.27. The van der Waals surface area contributed by atoms with Crippen molar-refractivity contribution < 1.29 is 13.2 Å². The minimum absolute atomic E-state index is 0.397. The Hall–Kier alpha value is -0.920. The van der Waals surface area contributed by atoms with E-state index in [1.165, 1.54) is 6.20 Å². The summed E-state index contributed by atoms with van der Waals surface area (Å²) in [6.07, 6.45) is -3.23. The molecule has 0 fully saturated rings. The van der Waals surface area contributed by atoms with E-state index in [0.717, 1.165) is 15.6 Å². The summed E-state index contributed by atoms with van der Waals surface area (Å²) in [6.45, 7) is 1.87. The van der Waals surface area contributed by atoms with Gasteiger partial charge in [0.2, 0.25) is 0 Å². The maximum atomic E-state index is 12.5. The van der Waals surface area contributed by atoms with E-state index in [4.69, 9.17) is 5.73 Å². The number of halogens is 4. The normalized spacial score (nSPS) is 13.6. The van der Waals surface area contributed by atoms with Gasteiger partial charge in [0.05, 0.1) is 6.04 Å². The number of benzene rings is 1. The van der Waals surface area contributed by atoms with Crippen molar-refractivity contribution in [3.8, 4) is 0 Å². The first kappa shape index (κ1) is 14.5. The lowest BCUT2D eigenvalue weighted by Gasteiger charge is -2.13. The Bertz CT molecular complexity index is 595. The molecule has 2 N–H and O–H groups in total. The molecule has 2 aromatic rings. The van der Waals surface area contributed by atoms with Crippen molar-refractivity contribution in [3.05, 3.63) is 49.9 Å². The topological polar surface area (TPSA) is 38.9 Å². The van der Waals surface area contributed by atoms with Crippen LogP contribution in [0.1, 0.15) is 27.1 Å². The molecule has 0 radical (unpaired) electrons. The van der Waals surface area contributed by atoms with E-state index in [2.05, 4.69) is 20.9 Å². The van der Waals surface area contributed by atoms with Crippen molar-refractivity contribution in [2.24, 2.45) is 5.73 Å². The zero-order valence-electron chi connectivity index (χ0n) is 9.83. The van der Waals surface area contributed by atoms with E-state index in [-0.39, 0.29) is 0 Å². The first-order chi connectivity index (χ1) is 8.79. The van der Waals surface area contributed by atoms with Gasteiger partial charge in [-0.25, -0.2) is 4.98 Å². The molecule has 1 unspecified atom stereocenters. The second-order valence-electron chi connectivity index (χ2n) is 4.04. The Labute approximate surface area is 120 Å². The van der Waals surface area contributed by atoms with Gasteiger partial charge in [-0.3, -0.25) is 0 Å². The average Bonchev–Trinajstić information content (AvgIpc) is 2.80. The van der Waals surface area contributed by atoms with Crippen LogP contribution in [0.2, 0.25) is 0 Å². The summed E-state index contributed by atoms with van der Waals surface area (Å²) in [4.78, 5) is 3.78. The van der Waals surface area contributed by atoms with Crippen molar-refractivity contribution in [1.29, 1.82) is 0 Å². The first-order valence-corrected chi connectivity index (χ1v) is 6.94. The fraction of sp³-hybridized carbons (Fsp3) is 0.250. The van der Waals surface area contributed by atoms with Gasteiger partial charge in [-0.1, -0.05) is 22.0 Å². The first-order valence-electron chi connectivity index (χ1n) is 5.33. The molecule has 0 saturated carbocycles. The summed E-state index contributed by atoms with van der Waals surface area (Å²) in [5, 5.41) is -0.870. The molecule has 2 rings (SSSR count). The molecule has 2 nitrogen and oxygen atoms in total. The Morgan fingerprint density at radius 1 is 1.37 bits per heavy atom. The van der Waals surface area contributed by atoms with Crippen LogP contribution in [0.25, 0.3) is 0 Å². The third-order valence-electron chi connectivity index (χ3n) is 2.65. The Balaban J connectivity index is 2.36. The van der Waals surface area contributed by atoms with E-state index in [1.807, 2.05) is 25.1 Å². The van der Waals surface area contributed by atoms with Crippen molar-refractivity contribution in [2.45, 2.75) is 19.1 Å². The van der Waals surface area contributed by atoms with Gasteiger partial charge in [0.1, 0.15) is 0 Å². The molecule has 0 aliphatic rings. The zero-order chi connectivity index (χ0) is 14.2. The van der Waals surface area contributed by atoms with E-state index >= 15 is 0 Å². The number of nitrogens with zero attached hydrogens (tertiary/aromatic N) is 1. The number of nitrogens with two attached hydrogens (primary N) is 1. The molecule has 102 valence electrons. The molecule has 1 aromatic carbocycles. The number of hydrogen-bond acceptors (Lipinski definition) is 3. The fourth-order valence-electron chi connectivity index (χ4n) is 1.66. The number of aromatic nitrogens is 1. The largest absolute Gasteiger partial charge is 0.443 e. The molecule has 7 heteroatoms. The quantitative estimate of drug-likeness (QED) is 0.877. The SMILES string of the molecule is Cc1ccc(Br)cc1C(N)c1cnc(C(F)(F)F)s1. The van der Waals surface area contributed by atoms with Crippen molar-refractivity contribution in [3.63, 3.8) is 0 Å². The molecule has 0 bridgehead atoms. The summed E-state index contributed by atoms with van der Waals surface area (Å²) >= 11 is 3.91. The smallest absolute Gasteiger partial charge is 0.320 e. The lowest BCUT2D eigenvalue weighted by atomic mass is 10.0. The van der Waals surface area contributed by atoms with Crippen LogP contribution in [0.15, 0.2) is 28.9 Å². The minimum Gasteiger partial charge on any atom is -0.320 e. The van der Waals surface area contributed by atoms with Gasteiger partial charge in [-0.2, -0.15) is 13.2 Å². The number of alkyl halides is 3. The van der Waals surface area contributed by atoms with Crippen LogP contribution >= 0.6 is 27.3 Å². The van der Waals surface area contributed by atoms with Gasteiger partial charge in [0, 0.05) is 15.5 Å². The van der Waals surface area contributed by atoms with Crippen LogP contribution in [-0.2, 0) is 6.18 Å². The number of hydrogen-bond donors (Lipinski definition) is 1. The third kappa shape index (κ3) is 3.16. The summed E-state index contributed by atoms with van der Waals surface area (Å²) in [5.41, 5.74) is 7.74. The van der Waals surface area contributed by atoms with Gasteiger partial charge in [-0.15, -0.1) is 11.3 Å². The number of aryl methyl sites for hydroxylation is 1. The minimum atomic E-state index is -4.42. The molecular weight excluding hydrogens is 341 g/mol. The van der Waals surface area contributed by atoms with Gasteiger partial charge in [0.15, 0.2) is 5.01 Å². The van der Waals surface area contributed by atoms with Crippen molar-refractivity contribution in [2.75, 3.05) is 0 Å². The van der Waals surface area contributed by atoms with E-state index < -0.39 is 17.2 Å². The van der Waals surface area contributed by atoms with Crippen LogP contribution < -0.4 is 5.73 Å². The van der Waals surface area contributed by atoms with Crippen LogP contribution in [0, 0.1) is 6.92 Å². The molecule has 1 aromatic heterocycles. The maximum absolute atomic E-state index is 12.5. The summed E-state index contributed by atoms with van der Waals surface area (Å²) in [6, 6.07) is 4.93. The Kier molecular flexibility index (Phi) is 3.98. The van der Waals surface area contributed by atoms with Crippen molar-refractivity contribution in [1.82, 2.24) is 4.98 Å². The molecule has 0 aliphatic heterocycles. The molecule has 0 spiro atoms. The Morgan fingerprint density at radius 3 is 2.63 bits per heavy atom. The monoisotopic (exact) mass is 350 g/mol. The van der Waals surface area contributed by atoms with Gasteiger partial charge < -0.3 is 5.73 Å². The lowest BCUT2D eigenvalue weighted by Crippen LogP contribution is -2.11. The summed E-state index contributed by atoms with van der Waals surface area (Å²) < 4.78 is 38.4. The van der Waals surface area contributed by atoms with Crippen LogP contribution in [0.5, 0.6) is 0 Å². The summed E-state index contributed by atoms with van der Waals surface area (Å²) in [5.74, 6) is 0. The highest BCUT2D eigenvalue weighted by atomic mass is 79.9. The second kappa shape index (κ2) is 5.22. The van der Waals surface area contributed by atoms with Crippen LogP contribution in [-0.4, -0.2) is 4.98 Å². The molecule has 19 heavy (non-hydrogen) atoms. The maximum Gasteiger partial charge on any atom is 0.443 e. The van der Waals surface area contributed by atoms with E-state index in [1.54, 1.807) is 0 Å². The highest BCUT2D eigenvalue weighted by Gasteiger charge is 2.35. The molecule has 0 amide bonds. The lowest BCUT2D eigenvalue weighted by molar-refractivity contribution is -0.137. The van der Waals surface area contributed by atoms with Crippen LogP contribution in [0.3, 0.4) is 0 Å². The van der Waals surface area contributed by atoms with Crippen LogP contribution in [0.4, 0.5) is 13.2 Å². The summed E-state index contributed by atoms with van der Waals surface area (Å²) in [7, 11) is 0. The van der Waals surface area contributed by atoms with E-state index in [9.17, 15) is 13.2 Å². The van der Waals surface area contributed by atoms with Gasteiger partial charge >= 0.3 is 6.18 Å².